The van der Waals surface area contributed by atoms with Gasteiger partial charge < -0.3 is 20.9 Å². The topological polar surface area (TPSA) is 97.5 Å². The van der Waals surface area contributed by atoms with Crippen LogP contribution in [0.15, 0.2) is 39.5 Å². The summed E-state index contributed by atoms with van der Waals surface area (Å²) in [4.78, 5) is 11.8. The van der Waals surface area contributed by atoms with Gasteiger partial charge in [0, 0.05) is 56.9 Å². The molecule has 0 saturated carbocycles. The van der Waals surface area contributed by atoms with Gasteiger partial charge in [0.15, 0.2) is 0 Å². The summed E-state index contributed by atoms with van der Waals surface area (Å²) in [5.74, 6) is 0.736. The number of nitrogens with zero attached hydrogens (tertiary/aromatic N) is 4. The zero-order valence-corrected chi connectivity index (χ0v) is 17.0. The van der Waals surface area contributed by atoms with Gasteiger partial charge in [-0.1, -0.05) is 26.0 Å². The van der Waals surface area contributed by atoms with Crippen molar-refractivity contribution in [2.75, 3.05) is 39.4 Å². The molecule has 3 N–H and O–H groups in total. The third-order valence-electron chi connectivity index (χ3n) is 4.55. The molecule has 8 heteroatoms. The molecule has 3 heterocycles. The van der Waals surface area contributed by atoms with Gasteiger partial charge in [-0.3, -0.25) is 9.89 Å². The Hall–Kier alpha value is -2.32. The quantitative estimate of drug-likeness (QED) is 0.458. The first-order chi connectivity index (χ1) is 13.9. The summed E-state index contributed by atoms with van der Waals surface area (Å²) in [5.41, 5.74) is 4.08. The molecule has 1 saturated heterocycles. The van der Waals surface area contributed by atoms with Gasteiger partial charge in [0.05, 0.1) is 25.2 Å². The number of hydrogen-bond acceptors (Lipinski definition) is 6. The normalized spacial score (nSPS) is 26.2. The van der Waals surface area contributed by atoms with E-state index in [1.165, 1.54) is 6.21 Å². The van der Waals surface area contributed by atoms with Crippen LogP contribution in [0.2, 0.25) is 0 Å². The molecule has 0 radical (unpaired) electrons. The van der Waals surface area contributed by atoms with Crippen LogP contribution in [0.1, 0.15) is 26.7 Å². The van der Waals surface area contributed by atoms with Gasteiger partial charge in [-0.2, -0.15) is 5.10 Å². The van der Waals surface area contributed by atoms with Crippen LogP contribution in [0.25, 0.3) is 0 Å². The molecule has 0 aromatic heterocycles. The molecule has 0 aliphatic carbocycles. The Kier molecular flexibility index (Phi) is 10.2. The maximum Gasteiger partial charge on any atom is 0.221 e. The number of ether oxygens (including phenoxy) is 1. The first-order valence-corrected chi connectivity index (χ1v) is 10.2. The van der Waals surface area contributed by atoms with Crippen molar-refractivity contribution >= 4 is 24.1 Å². The summed E-state index contributed by atoms with van der Waals surface area (Å²) in [6, 6.07) is 0.0319. The summed E-state index contributed by atoms with van der Waals surface area (Å²) >= 11 is 0. The number of nitrogens with one attached hydrogen (secondary N) is 3. The third-order valence-corrected chi connectivity index (χ3v) is 4.55. The fourth-order valence-electron chi connectivity index (χ4n) is 3.14. The van der Waals surface area contributed by atoms with E-state index in [0.717, 1.165) is 57.9 Å². The van der Waals surface area contributed by atoms with Crippen molar-refractivity contribution in [3.63, 3.8) is 0 Å². The van der Waals surface area contributed by atoms with Crippen molar-refractivity contribution < 1.29 is 4.74 Å². The zero-order chi connectivity index (χ0) is 20.0. The molecule has 2 atom stereocenters. The SMILES string of the molecule is CC.N=C/C=C\C1NN=CC1C1=NC(=NCCCN2CCOCC2)NC=CC1. The average Bonchev–Trinajstić information content (AvgIpc) is 3.09. The van der Waals surface area contributed by atoms with Crippen molar-refractivity contribution in [3.05, 3.63) is 24.4 Å². The molecule has 3 aliphatic heterocycles. The van der Waals surface area contributed by atoms with Crippen LogP contribution in [-0.4, -0.2) is 74.4 Å². The molecule has 0 spiro atoms. The number of rotatable bonds is 7. The highest BCUT2D eigenvalue weighted by Crippen LogP contribution is 2.15. The second-order valence-electron chi connectivity index (χ2n) is 6.38. The predicted molar refractivity (Wildman–Crippen MR) is 117 cm³/mol. The summed E-state index contributed by atoms with van der Waals surface area (Å²) in [7, 11) is 0. The van der Waals surface area contributed by atoms with Gasteiger partial charge >= 0.3 is 0 Å². The highest BCUT2D eigenvalue weighted by Gasteiger charge is 2.27. The van der Waals surface area contributed by atoms with E-state index in [9.17, 15) is 0 Å². The molecule has 8 nitrogen and oxygen atoms in total. The molecule has 3 rings (SSSR count). The molecule has 154 valence electrons. The van der Waals surface area contributed by atoms with E-state index >= 15 is 0 Å². The Labute approximate surface area is 168 Å². The van der Waals surface area contributed by atoms with Crippen molar-refractivity contribution in [2.24, 2.45) is 21.0 Å². The van der Waals surface area contributed by atoms with E-state index in [2.05, 4.69) is 31.8 Å². The van der Waals surface area contributed by atoms with Gasteiger partial charge in [-0.15, -0.1) is 0 Å². The van der Waals surface area contributed by atoms with E-state index in [4.69, 9.17) is 15.1 Å². The molecule has 0 amide bonds. The number of morpholine rings is 1. The Balaban J connectivity index is 0.00000136. The van der Waals surface area contributed by atoms with Crippen LogP contribution in [0.4, 0.5) is 0 Å². The zero-order valence-electron chi connectivity index (χ0n) is 17.0. The molecule has 0 aromatic rings. The number of guanidine groups is 1. The number of aliphatic imine (C=N–C) groups is 2. The van der Waals surface area contributed by atoms with Crippen molar-refractivity contribution in [3.8, 4) is 0 Å². The summed E-state index contributed by atoms with van der Waals surface area (Å²) in [5, 5.41) is 14.5. The average molecular weight is 388 g/mol. The maximum absolute atomic E-state index is 7.15. The Morgan fingerprint density at radius 2 is 2.18 bits per heavy atom. The molecular formula is C20H33N7O. The maximum atomic E-state index is 7.15. The van der Waals surface area contributed by atoms with Crippen molar-refractivity contribution in [1.29, 1.82) is 5.41 Å². The van der Waals surface area contributed by atoms with Crippen LogP contribution in [-0.2, 0) is 4.74 Å². The predicted octanol–water partition coefficient (Wildman–Crippen LogP) is 1.82. The van der Waals surface area contributed by atoms with Crippen LogP contribution < -0.4 is 10.7 Å². The fraction of sp³-hybridized carbons (Fsp3) is 0.600. The lowest BCUT2D eigenvalue weighted by molar-refractivity contribution is 0.0377. The highest BCUT2D eigenvalue weighted by atomic mass is 16.5. The highest BCUT2D eigenvalue weighted by molar-refractivity contribution is 6.07. The van der Waals surface area contributed by atoms with Gasteiger partial charge in [-0.25, -0.2) is 4.99 Å². The Bertz CT molecular complexity index is 618. The lowest BCUT2D eigenvalue weighted by Gasteiger charge is -2.26. The van der Waals surface area contributed by atoms with Crippen molar-refractivity contribution in [2.45, 2.75) is 32.7 Å². The fourth-order valence-corrected chi connectivity index (χ4v) is 3.14. The minimum Gasteiger partial charge on any atom is -0.379 e. The standard InChI is InChI=1S/C18H27N7O.C2H6/c19-6-1-4-17-15(14-22-24-17)16-5-2-7-20-18(23-16)21-8-3-9-25-10-12-26-13-11-25;1-2/h1-2,4,6-7,14-15,17,19,24H,3,5,8-13H2,(H,20,21);1-2H3/b4-1-,19-6?;. The number of hydrazone groups is 1. The first kappa shape index (κ1) is 22.0. The van der Waals surface area contributed by atoms with E-state index < -0.39 is 0 Å². The molecular weight excluding hydrogens is 354 g/mol. The van der Waals surface area contributed by atoms with Gasteiger partial charge in [0.2, 0.25) is 5.96 Å². The van der Waals surface area contributed by atoms with Gasteiger partial charge in [-0.05, 0) is 12.5 Å². The van der Waals surface area contributed by atoms with Gasteiger partial charge in [0.25, 0.3) is 0 Å². The smallest absolute Gasteiger partial charge is 0.221 e. The third kappa shape index (κ3) is 7.01. The van der Waals surface area contributed by atoms with E-state index in [1.807, 2.05) is 32.3 Å². The summed E-state index contributed by atoms with van der Waals surface area (Å²) < 4.78 is 5.37. The monoisotopic (exact) mass is 387 g/mol. The molecule has 2 unspecified atom stereocenters. The molecule has 1 fully saturated rings. The lowest BCUT2D eigenvalue weighted by atomic mass is 9.94. The largest absolute Gasteiger partial charge is 0.379 e. The summed E-state index contributed by atoms with van der Waals surface area (Å²) in [6.07, 6.45) is 12.5. The number of allylic oxidation sites excluding steroid dienone is 2. The minimum absolute atomic E-state index is 0.0319. The van der Waals surface area contributed by atoms with Gasteiger partial charge in [0.1, 0.15) is 0 Å². The van der Waals surface area contributed by atoms with Crippen LogP contribution in [0, 0.1) is 11.3 Å². The van der Waals surface area contributed by atoms with Crippen LogP contribution >= 0.6 is 0 Å². The van der Waals surface area contributed by atoms with E-state index in [0.29, 0.717) is 5.96 Å². The first-order valence-electron chi connectivity index (χ1n) is 10.2. The molecule has 3 aliphatic rings. The Morgan fingerprint density at radius 1 is 1.36 bits per heavy atom. The summed E-state index contributed by atoms with van der Waals surface area (Å²) in [6.45, 7) is 9.48. The molecule has 0 aromatic carbocycles. The minimum atomic E-state index is 0.0319. The Morgan fingerprint density at radius 3 is 2.96 bits per heavy atom. The molecule has 0 bridgehead atoms. The van der Waals surface area contributed by atoms with Crippen LogP contribution in [0.3, 0.4) is 0 Å². The van der Waals surface area contributed by atoms with Crippen molar-refractivity contribution in [1.82, 2.24) is 15.6 Å². The van der Waals surface area contributed by atoms with E-state index in [-0.39, 0.29) is 12.0 Å². The second-order valence-corrected chi connectivity index (χ2v) is 6.38. The lowest BCUT2D eigenvalue weighted by Crippen LogP contribution is -2.37. The number of hydrogen-bond donors (Lipinski definition) is 3. The molecule has 28 heavy (non-hydrogen) atoms. The van der Waals surface area contributed by atoms with Crippen LogP contribution in [0.5, 0.6) is 0 Å². The van der Waals surface area contributed by atoms with E-state index in [1.54, 1.807) is 6.08 Å². The second kappa shape index (κ2) is 13.0.